The normalized spacial score (nSPS) is 12.8. The molecule has 1 atom stereocenters. The summed E-state index contributed by atoms with van der Waals surface area (Å²) in [6.07, 6.45) is 0. The summed E-state index contributed by atoms with van der Waals surface area (Å²) in [7, 11) is -4.03. The molecule has 9 heteroatoms. The Balaban J connectivity index is 2.86. The van der Waals surface area contributed by atoms with E-state index in [1.807, 2.05) is 0 Å². The topological polar surface area (TPSA) is 113 Å². The van der Waals surface area contributed by atoms with Gasteiger partial charge in [0.1, 0.15) is 0 Å². The van der Waals surface area contributed by atoms with Crippen LogP contribution in [0.1, 0.15) is 5.56 Å². The molecule has 0 saturated carbocycles. The number of urea groups is 1. The maximum atomic E-state index is 11.6. The second-order valence-electron chi connectivity index (χ2n) is 3.10. The van der Waals surface area contributed by atoms with Gasteiger partial charge in [0.15, 0.2) is 0 Å². The maximum absolute atomic E-state index is 11.6. The molecule has 1 aromatic rings. The van der Waals surface area contributed by atoms with E-state index in [2.05, 4.69) is 0 Å². The van der Waals surface area contributed by atoms with Crippen LogP contribution in [0.2, 0.25) is 0 Å². The number of amides is 2. The molecule has 0 saturated heterocycles. The molecular weight excluding hydrogens is 268 g/mol. The van der Waals surface area contributed by atoms with Gasteiger partial charge in [-0.05, 0) is 19.1 Å². The molecule has 0 heterocycles. The molecule has 17 heavy (non-hydrogen) atoms. The zero-order chi connectivity index (χ0) is 13.1. The summed E-state index contributed by atoms with van der Waals surface area (Å²) < 4.78 is 44.8. The van der Waals surface area contributed by atoms with Crippen LogP contribution in [0.25, 0.3) is 0 Å². The summed E-state index contributed by atoms with van der Waals surface area (Å²) in [6.45, 7) is 1.78. The van der Waals surface area contributed by atoms with Crippen LogP contribution in [0.3, 0.4) is 0 Å². The Morgan fingerprint density at radius 1 is 1.29 bits per heavy atom. The average Bonchev–Trinajstić information content (AvgIpc) is 2.15. The predicted octanol–water partition coefficient (Wildman–Crippen LogP) is 0.120. The van der Waals surface area contributed by atoms with Crippen LogP contribution in [0.5, 0.6) is 0 Å². The molecule has 94 valence electrons. The van der Waals surface area contributed by atoms with E-state index in [-0.39, 0.29) is 4.90 Å². The van der Waals surface area contributed by atoms with Crippen molar-refractivity contribution in [2.45, 2.75) is 11.8 Å². The molecular formula is C8H10N2O5S2. The monoisotopic (exact) mass is 278 g/mol. The Hall–Kier alpha value is -1.45. The SMILES string of the molecule is Cc1ccc(S(=O)(=O)NC(=O)NS(=O)O)cc1. The van der Waals surface area contributed by atoms with E-state index >= 15 is 0 Å². The molecule has 0 spiro atoms. The molecule has 0 aliphatic rings. The molecule has 1 rings (SSSR count). The molecule has 0 aliphatic heterocycles. The van der Waals surface area contributed by atoms with E-state index in [0.717, 1.165) is 5.56 Å². The third kappa shape index (κ3) is 4.13. The summed E-state index contributed by atoms with van der Waals surface area (Å²) in [5.74, 6) is 0. The lowest BCUT2D eigenvalue weighted by atomic mass is 10.2. The molecule has 1 unspecified atom stereocenters. The molecule has 1 aromatic carbocycles. The minimum absolute atomic E-state index is 0.109. The van der Waals surface area contributed by atoms with Crippen molar-refractivity contribution >= 4 is 27.3 Å². The smallest absolute Gasteiger partial charge is 0.289 e. The summed E-state index contributed by atoms with van der Waals surface area (Å²) in [6, 6.07) is 4.50. The molecule has 7 nitrogen and oxygen atoms in total. The number of carbonyl (C=O) groups excluding carboxylic acids is 1. The van der Waals surface area contributed by atoms with E-state index in [1.54, 1.807) is 23.8 Å². The van der Waals surface area contributed by atoms with Gasteiger partial charge in [0.05, 0.1) is 4.90 Å². The van der Waals surface area contributed by atoms with Gasteiger partial charge in [-0.3, -0.25) is 4.55 Å². The van der Waals surface area contributed by atoms with Gasteiger partial charge >= 0.3 is 6.03 Å². The predicted molar refractivity (Wildman–Crippen MR) is 60.8 cm³/mol. The van der Waals surface area contributed by atoms with Gasteiger partial charge in [0.25, 0.3) is 21.3 Å². The first-order valence-corrected chi connectivity index (χ1v) is 6.91. The molecule has 0 aliphatic carbocycles. The summed E-state index contributed by atoms with van der Waals surface area (Å²) in [4.78, 5) is 10.8. The van der Waals surface area contributed by atoms with Crippen molar-refractivity contribution in [1.82, 2.24) is 9.44 Å². The molecule has 0 bridgehead atoms. The number of sulfonamides is 1. The highest BCUT2D eigenvalue weighted by Crippen LogP contribution is 2.09. The van der Waals surface area contributed by atoms with Crippen LogP contribution in [-0.4, -0.2) is 23.2 Å². The van der Waals surface area contributed by atoms with E-state index in [0.29, 0.717) is 0 Å². The number of nitrogens with one attached hydrogen (secondary N) is 2. The highest BCUT2D eigenvalue weighted by molar-refractivity contribution is 7.90. The Morgan fingerprint density at radius 3 is 2.29 bits per heavy atom. The number of aryl methyl sites for hydroxylation is 1. The number of rotatable bonds is 3. The van der Waals surface area contributed by atoms with Crippen LogP contribution >= 0.6 is 0 Å². The Kier molecular flexibility index (Phi) is 4.21. The molecule has 2 amide bonds. The summed E-state index contributed by atoms with van der Waals surface area (Å²) >= 11 is -2.62. The van der Waals surface area contributed by atoms with Gasteiger partial charge < -0.3 is 0 Å². The van der Waals surface area contributed by atoms with Crippen molar-refractivity contribution in [3.05, 3.63) is 29.8 Å². The van der Waals surface area contributed by atoms with Gasteiger partial charge in [-0.2, -0.15) is 0 Å². The average molecular weight is 278 g/mol. The lowest BCUT2D eigenvalue weighted by Crippen LogP contribution is -2.39. The van der Waals surface area contributed by atoms with Crippen LogP contribution < -0.4 is 9.44 Å². The fourth-order valence-corrected chi connectivity index (χ4v) is 2.18. The highest BCUT2D eigenvalue weighted by atomic mass is 32.2. The maximum Gasteiger partial charge on any atom is 0.342 e. The van der Waals surface area contributed by atoms with E-state index in [9.17, 15) is 17.4 Å². The fourth-order valence-electron chi connectivity index (χ4n) is 0.999. The molecule has 3 N–H and O–H groups in total. The van der Waals surface area contributed by atoms with Crippen LogP contribution in [-0.2, 0) is 21.3 Å². The largest absolute Gasteiger partial charge is 0.342 e. The van der Waals surface area contributed by atoms with Crippen molar-refractivity contribution in [1.29, 1.82) is 0 Å². The minimum atomic E-state index is -4.03. The van der Waals surface area contributed by atoms with Crippen LogP contribution in [0.4, 0.5) is 4.79 Å². The molecule has 0 fully saturated rings. The first kappa shape index (κ1) is 13.6. The number of carbonyl (C=O) groups is 1. The number of hydrogen-bond donors (Lipinski definition) is 3. The van der Waals surface area contributed by atoms with E-state index < -0.39 is 27.3 Å². The third-order valence-corrected chi connectivity index (χ3v) is 3.45. The van der Waals surface area contributed by atoms with Crippen molar-refractivity contribution < 1.29 is 22.0 Å². The second-order valence-corrected chi connectivity index (χ2v) is 5.48. The Morgan fingerprint density at radius 2 is 1.82 bits per heavy atom. The zero-order valence-corrected chi connectivity index (χ0v) is 10.3. The van der Waals surface area contributed by atoms with Crippen molar-refractivity contribution in [3.8, 4) is 0 Å². The number of benzene rings is 1. The summed E-state index contributed by atoms with van der Waals surface area (Å²) in [5, 5.41) is 0. The standard InChI is InChI=1S/C8H10N2O5S2/c1-6-2-4-7(5-3-6)17(14,15)10-8(11)9-16(12)13/h2-5H,1H3,(H,12,13)(H2,9,10,11). The first-order chi connectivity index (χ1) is 7.81. The van der Waals surface area contributed by atoms with Crippen LogP contribution in [0, 0.1) is 6.92 Å². The van der Waals surface area contributed by atoms with E-state index in [1.165, 1.54) is 16.9 Å². The van der Waals surface area contributed by atoms with E-state index in [4.69, 9.17) is 4.55 Å². The first-order valence-electron chi connectivity index (χ1n) is 4.32. The van der Waals surface area contributed by atoms with Crippen LogP contribution in [0.15, 0.2) is 29.2 Å². The van der Waals surface area contributed by atoms with Crippen molar-refractivity contribution in [2.75, 3.05) is 0 Å². The quantitative estimate of drug-likeness (QED) is 0.680. The van der Waals surface area contributed by atoms with Crippen molar-refractivity contribution in [2.24, 2.45) is 0 Å². The molecule has 0 aromatic heterocycles. The van der Waals surface area contributed by atoms with Crippen molar-refractivity contribution in [3.63, 3.8) is 0 Å². The van der Waals surface area contributed by atoms with Gasteiger partial charge in [-0.15, -0.1) is 0 Å². The minimum Gasteiger partial charge on any atom is -0.289 e. The van der Waals surface area contributed by atoms with Gasteiger partial charge in [-0.25, -0.2) is 26.9 Å². The Bertz CT molecular complexity index is 538. The summed E-state index contributed by atoms with van der Waals surface area (Å²) in [5.41, 5.74) is 0.866. The second kappa shape index (κ2) is 5.25. The van der Waals surface area contributed by atoms with Gasteiger partial charge in [-0.1, -0.05) is 17.7 Å². The molecule has 0 radical (unpaired) electrons. The lowest BCUT2D eigenvalue weighted by molar-refractivity contribution is 0.250. The lowest BCUT2D eigenvalue weighted by Gasteiger charge is -2.06. The van der Waals surface area contributed by atoms with Gasteiger partial charge in [0.2, 0.25) is 0 Å². The zero-order valence-electron chi connectivity index (χ0n) is 8.71. The van der Waals surface area contributed by atoms with Gasteiger partial charge in [0, 0.05) is 0 Å². The third-order valence-electron chi connectivity index (χ3n) is 1.74. The highest BCUT2D eigenvalue weighted by Gasteiger charge is 2.17. The number of hydrogen-bond acceptors (Lipinski definition) is 4. The fraction of sp³-hybridized carbons (Fsp3) is 0.125. The Labute approximate surface area is 101 Å².